The van der Waals surface area contributed by atoms with Gasteiger partial charge in [0.15, 0.2) is 0 Å². The van der Waals surface area contributed by atoms with E-state index in [2.05, 4.69) is 62.9 Å². The fourth-order valence-electron chi connectivity index (χ4n) is 4.12. The molecule has 0 bridgehead atoms. The number of rotatable bonds is 7. The zero-order valence-electron chi connectivity index (χ0n) is 16.9. The molecule has 0 aliphatic heterocycles. The molecule has 0 atom stereocenters. The van der Waals surface area contributed by atoms with E-state index in [9.17, 15) is 4.79 Å². The van der Waals surface area contributed by atoms with Gasteiger partial charge in [0.05, 0.1) is 5.41 Å². The summed E-state index contributed by atoms with van der Waals surface area (Å²) in [6.07, 6.45) is 2.87. The smallest absolute Gasteiger partial charge is 0.316 e. The van der Waals surface area contributed by atoms with Crippen LogP contribution in [0, 0.1) is 0 Å². The summed E-state index contributed by atoms with van der Waals surface area (Å²) in [7, 11) is 0. The first kappa shape index (κ1) is 21.7. The molecule has 148 valence electrons. The second kappa shape index (κ2) is 9.07. The first-order chi connectivity index (χ1) is 12.4. The monoisotopic (exact) mass is 389 g/mol. The maximum atomic E-state index is 13.0. The Hall–Kier alpha value is -1.58. The number of esters is 1. The largest absolute Gasteiger partial charge is 0.464 e. The Kier molecular flexibility index (Phi) is 7.30. The van der Waals surface area contributed by atoms with E-state index in [0.29, 0.717) is 18.7 Å². The minimum absolute atomic E-state index is 0. The molecule has 2 aromatic carbocycles. The lowest BCUT2D eigenvalue weighted by atomic mass is 9.64. The third-order valence-corrected chi connectivity index (χ3v) is 5.81. The fourth-order valence-corrected chi connectivity index (χ4v) is 4.12. The van der Waals surface area contributed by atoms with Crippen molar-refractivity contribution < 1.29 is 9.53 Å². The molecule has 0 unspecified atom stereocenters. The summed E-state index contributed by atoms with van der Waals surface area (Å²) in [5.74, 6) is -0.0495. The molecule has 3 nitrogen and oxygen atoms in total. The van der Waals surface area contributed by atoms with Crippen molar-refractivity contribution in [3.05, 3.63) is 48.0 Å². The highest BCUT2D eigenvalue weighted by Gasteiger charge is 2.47. The summed E-state index contributed by atoms with van der Waals surface area (Å²) in [6, 6.07) is 15.6. The fraction of sp³-hybridized carbons (Fsp3) is 0.522. The second-order valence-electron chi connectivity index (χ2n) is 8.06. The van der Waals surface area contributed by atoms with Crippen LogP contribution in [0.1, 0.15) is 52.5 Å². The van der Waals surface area contributed by atoms with Crippen LogP contribution in [0.4, 0.5) is 0 Å². The normalized spacial score (nSPS) is 15.7. The lowest BCUT2D eigenvalue weighted by molar-refractivity contribution is -0.155. The van der Waals surface area contributed by atoms with Crippen molar-refractivity contribution in [2.75, 3.05) is 13.2 Å². The predicted molar refractivity (Wildman–Crippen MR) is 115 cm³/mol. The molecular weight excluding hydrogens is 358 g/mol. The van der Waals surface area contributed by atoms with Crippen LogP contribution in [-0.2, 0) is 14.9 Å². The summed E-state index contributed by atoms with van der Waals surface area (Å²) in [5, 5.41) is 2.40. The number of halogens is 1. The van der Waals surface area contributed by atoms with Gasteiger partial charge in [-0.2, -0.15) is 0 Å². The van der Waals surface area contributed by atoms with Gasteiger partial charge in [-0.05, 0) is 56.9 Å². The zero-order chi connectivity index (χ0) is 18.7. The maximum absolute atomic E-state index is 13.0. The Bertz CT molecular complexity index is 760. The molecule has 1 saturated carbocycles. The van der Waals surface area contributed by atoms with Crippen LogP contribution < -0.4 is 0 Å². The first-order valence-corrected chi connectivity index (χ1v) is 9.86. The standard InChI is InChI=1S/C23H31NO2.ClH/c1-17(2)24(18(3)4)14-15-26-22(25)23(12-7-13-23)21-11-10-19-8-5-6-9-20(19)16-21;/h5-6,8-11,16-18H,7,12-15H2,1-4H3;1H. The summed E-state index contributed by atoms with van der Waals surface area (Å²) in [4.78, 5) is 15.3. The van der Waals surface area contributed by atoms with Crippen molar-refractivity contribution in [1.82, 2.24) is 4.90 Å². The van der Waals surface area contributed by atoms with Gasteiger partial charge in [-0.1, -0.05) is 48.9 Å². The molecule has 0 N–H and O–H groups in total. The second-order valence-corrected chi connectivity index (χ2v) is 8.06. The Balaban J connectivity index is 0.00000261. The van der Waals surface area contributed by atoms with Gasteiger partial charge in [0.1, 0.15) is 6.61 Å². The minimum Gasteiger partial charge on any atom is -0.464 e. The summed E-state index contributed by atoms with van der Waals surface area (Å²) in [5.41, 5.74) is 0.668. The SMILES string of the molecule is CC(C)N(CCOC(=O)C1(c2ccc3ccccc3c2)CCC1)C(C)C.Cl. The molecule has 0 aromatic heterocycles. The van der Waals surface area contributed by atoms with Crippen molar-refractivity contribution in [2.45, 2.75) is 64.5 Å². The van der Waals surface area contributed by atoms with Crippen LogP contribution in [0.25, 0.3) is 10.8 Å². The number of nitrogens with zero attached hydrogens (tertiary/aromatic N) is 1. The predicted octanol–water partition coefficient (Wildman–Crippen LogP) is 5.35. The third kappa shape index (κ3) is 4.47. The van der Waals surface area contributed by atoms with E-state index >= 15 is 0 Å². The van der Waals surface area contributed by atoms with Crippen LogP contribution in [-0.4, -0.2) is 36.1 Å². The molecule has 3 rings (SSSR count). The van der Waals surface area contributed by atoms with Crippen molar-refractivity contribution >= 4 is 29.1 Å². The molecular formula is C23H32ClNO2. The Morgan fingerprint density at radius 2 is 1.67 bits per heavy atom. The topological polar surface area (TPSA) is 29.5 Å². The van der Waals surface area contributed by atoms with Gasteiger partial charge < -0.3 is 4.74 Å². The summed E-state index contributed by atoms with van der Waals surface area (Å²) < 4.78 is 5.77. The van der Waals surface area contributed by atoms with Crippen LogP contribution in [0.3, 0.4) is 0 Å². The maximum Gasteiger partial charge on any atom is 0.316 e. The molecule has 1 aliphatic rings. The molecule has 0 saturated heterocycles. The molecule has 2 aromatic rings. The number of carbonyl (C=O) groups is 1. The Labute approximate surface area is 169 Å². The Morgan fingerprint density at radius 3 is 2.22 bits per heavy atom. The van der Waals surface area contributed by atoms with E-state index in [1.807, 2.05) is 12.1 Å². The third-order valence-electron chi connectivity index (χ3n) is 5.81. The number of benzene rings is 2. The van der Waals surface area contributed by atoms with Crippen molar-refractivity contribution in [3.8, 4) is 0 Å². The number of fused-ring (bicyclic) bond motifs is 1. The average Bonchev–Trinajstić information content (AvgIpc) is 2.57. The Morgan fingerprint density at radius 1 is 1.04 bits per heavy atom. The van der Waals surface area contributed by atoms with Gasteiger partial charge in [0.2, 0.25) is 0 Å². The molecule has 0 amide bonds. The zero-order valence-corrected chi connectivity index (χ0v) is 17.7. The molecule has 1 fully saturated rings. The lowest BCUT2D eigenvalue weighted by Gasteiger charge is -2.40. The van der Waals surface area contributed by atoms with Gasteiger partial charge in [0.25, 0.3) is 0 Å². The van der Waals surface area contributed by atoms with Crippen LogP contribution >= 0.6 is 12.4 Å². The van der Waals surface area contributed by atoms with Gasteiger partial charge in [-0.25, -0.2) is 0 Å². The molecule has 0 radical (unpaired) electrons. The quantitative estimate of drug-likeness (QED) is 0.598. The average molecular weight is 390 g/mol. The molecule has 27 heavy (non-hydrogen) atoms. The highest BCUT2D eigenvalue weighted by Crippen LogP contribution is 2.45. The van der Waals surface area contributed by atoms with Crippen molar-refractivity contribution in [3.63, 3.8) is 0 Å². The van der Waals surface area contributed by atoms with Crippen LogP contribution in [0.15, 0.2) is 42.5 Å². The van der Waals surface area contributed by atoms with Gasteiger partial charge in [-0.3, -0.25) is 9.69 Å². The van der Waals surface area contributed by atoms with E-state index < -0.39 is 5.41 Å². The van der Waals surface area contributed by atoms with Gasteiger partial charge in [0, 0.05) is 18.6 Å². The van der Waals surface area contributed by atoms with E-state index in [-0.39, 0.29) is 18.4 Å². The summed E-state index contributed by atoms with van der Waals surface area (Å²) in [6.45, 7) is 9.99. The lowest BCUT2D eigenvalue weighted by Crippen LogP contribution is -2.45. The number of hydrogen-bond donors (Lipinski definition) is 0. The van der Waals surface area contributed by atoms with E-state index in [0.717, 1.165) is 31.4 Å². The van der Waals surface area contributed by atoms with Crippen LogP contribution in [0.5, 0.6) is 0 Å². The van der Waals surface area contributed by atoms with E-state index in [1.54, 1.807) is 0 Å². The minimum atomic E-state index is -0.440. The van der Waals surface area contributed by atoms with Crippen molar-refractivity contribution in [1.29, 1.82) is 0 Å². The number of carbonyl (C=O) groups excluding carboxylic acids is 1. The molecule has 0 heterocycles. The van der Waals surface area contributed by atoms with Crippen LogP contribution in [0.2, 0.25) is 0 Å². The van der Waals surface area contributed by atoms with Gasteiger partial charge in [-0.15, -0.1) is 12.4 Å². The summed E-state index contributed by atoms with van der Waals surface area (Å²) >= 11 is 0. The van der Waals surface area contributed by atoms with Gasteiger partial charge >= 0.3 is 5.97 Å². The molecule has 1 aliphatic carbocycles. The molecule has 4 heteroatoms. The highest BCUT2D eigenvalue weighted by atomic mass is 35.5. The molecule has 0 spiro atoms. The highest BCUT2D eigenvalue weighted by molar-refractivity contribution is 5.88. The first-order valence-electron chi connectivity index (χ1n) is 9.86. The number of ether oxygens (including phenoxy) is 1. The van der Waals surface area contributed by atoms with E-state index in [1.165, 1.54) is 10.8 Å². The van der Waals surface area contributed by atoms with E-state index in [4.69, 9.17) is 4.74 Å². The number of hydrogen-bond acceptors (Lipinski definition) is 3. The van der Waals surface area contributed by atoms with Crippen molar-refractivity contribution in [2.24, 2.45) is 0 Å².